The lowest BCUT2D eigenvalue weighted by Crippen LogP contribution is -2.23. The van der Waals surface area contributed by atoms with Gasteiger partial charge in [0.05, 0.1) is 14.2 Å². The van der Waals surface area contributed by atoms with Crippen molar-refractivity contribution < 1.29 is 17.9 Å². The fraction of sp³-hybridized carbons (Fsp3) is 0.455. The average Bonchev–Trinajstić information content (AvgIpc) is 2.28. The van der Waals surface area contributed by atoms with Crippen LogP contribution in [-0.2, 0) is 10.0 Å². The molecule has 1 N–H and O–H groups in total. The zero-order valence-corrected chi connectivity index (χ0v) is 11.2. The molecule has 0 spiro atoms. The number of aryl methyl sites for hydroxylation is 1. The summed E-state index contributed by atoms with van der Waals surface area (Å²) in [6, 6.07) is 3.11. The molecular weight excluding hydrogens is 242 g/mol. The van der Waals surface area contributed by atoms with Crippen LogP contribution >= 0.6 is 0 Å². The summed E-state index contributed by atoms with van der Waals surface area (Å²) in [7, 11) is -0.622. The molecule has 6 heteroatoms. The second kappa shape index (κ2) is 5.37. The summed E-state index contributed by atoms with van der Waals surface area (Å²) in [6.07, 6.45) is 0. The van der Waals surface area contributed by atoms with Gasteiger partial charge in [-0.3, -0.25) is 0 Å². The Bertz CT molecular complexity index is 496. The van der Waals surface area contributed by atoms with E-state index in [0.29, 0.717) is 18.0 Å². The van der Waals surface area contributed by atoms with Gasteiger partial charge in [0, 0.05) is 12.6 Å². The Labute approximate surface area is 102 Å². The smallest absolute Gasteiger partial charge is 0.244 e. The van der Waals surface area contributed by atoms with Gasteiger partial charge in [0.25, 0.3) is 0 Å². The van der Waals surface area contributed by atoms with Gasteiger partial charge in [0.15, 0.2) is 0 Å². The second-order valence-electron chi connectivity index (χ2n) is 3.47. The Morgan fingerprint density at radius 2 is 1.76 bits per heavy atom. The van der Waals surface area contributed by atoms with E-state index < -0.39 is 10.0 Å². The molecule has 17 heavy (non-hydrogen) atoms. The van der Waals surface area contributed by atoms with E-state index in [1.165, 1.54) is 20.3 Å². The predicted molar refractivity (Wildman–Crippen MR) is 65.1 cm³/mol. The number of hydrogen-bond acceptors (Lipinski definition) is 4. The SMILES string of the molecule is CCNS(=O)(=O)c1cc(OC)c(C)cc1OC. The van der Waals surface area contributed by atoms with Crippen LogP contribution in [0.5, 0.6) is 11.5 Å². The topological polar surface area (TPSA) is 64.6 Å². The molecule has 1 aromatic rings. The average molecular weight is 259 g/mol. The third-order valence-corrected chi connectivity index (χ3v) is 3.87. The molecule has 0 aliphatic rings. The quantitative estimate of drug-likeness (QED) is 0.866. The Kier molecular flexibility index (Phi) is 4.36. The van der Waals surface area contributed by atoms with Crippen molar-refractivity contribution >= 4 is 10.0 Å². The Balaban J connectivity index is 3.40. The van der Waals surface area contributed by atoms with Crippen LogP contribution in [0.3, 0.4) is 0 Å². The first-order valence-electron chi connectivity index (χ1n) is 5.18. The number of rotatable bonds is 5. The third kappa shape index (κ3) is 2.89. The van der Waals surface area contributed by atoms with Gasteiger partial charge in [0.1, 0.15) is 16.4 Å². The maximum atomic E-state index is 11.9. The van der Waals surface area contributed by atoms with Crippen molar-refractivity contribution in [1.29, 1.82) is 0 Å². The number of sulfonamides is 1. The summed E-state index contributed by atoms with van der Waals surface area (Å²) in [5.74, 6) is 0.825. The molecule has 0 aromatic heterocycles. The molecular formula is C11H17NO4S. The molecule has 0 fully saturated rings. The van der Waals surface area contributed by atoms with Crippen molar-refractivity contribution in [3.05, 3.63) is 17.7 Å². The monoisotopic (exact) mass is 259 g/mol. The predicted octanol–water partition coefficient (Wildman–Crippen LogP) is 1.31. The maximum Gasteiger partial charge on any atom is 0.244 e. The molecule has 96 valence electrons. The summed E-state index contributed by atoms with van der Waals surface area (Å²) in [5.41, 5.74) is 0.819. The van der Waals surface area contributed by atoms with Gasteiger partial charge in [-0.1, -0.05) is 6.92 Å². The molecule has 0 saturated heterocycles. The molecule has 0 bridgehead atoms. The van der Waals surface area contributed by atoms with Crippen molar-refractivity contribution in [2.45, 2.75) is 18.7 Å². The van der Waals surface area contributed by atoms with E-state index in [4.69, 9.17) is 9.47 Å². The number of hydrogen-bond donors (Lipinski definition) is 1. The van der Waals surface area contributed by atoms with Crippen LogP contribution in [0, 0.1) is 6.92 Å². The zero-order valence-electron chi connectivity index (χ0n) is 10.4. The first kappa shape index (κ1) is 13.8. The first-order valence-corrected chi connectivity index (χ1v) is 6.66. The van der Waals surface area contributed by atoms with E-state index in [2.05, 4.69) is 4.72 Å². The molecule has 1 rings (SSSR count). The first-order chi connectivity index (χ1) is 7.96. The van der Waals surface area contributed by atoms with Crippen molar-refractivity contribution in [1.82, 2.24) is 4.72 Å². The molecule has 0 unspecified atom stereocenters. The molecule has 0 aliphatic carbocycles. The molecule has 0 heterocycles. The van der Waals surface area contributed by atoms with Crippen LogP contribution in [-0.4, -0.2) is 29.2 Å². The highest BCUT2D eigenvalue weighted by atomic mass is 32.2. The minimum Gasteiger partial charge on any atom is -0.496 e. The molecule has 0 atom stereocenters. The van der Waals surface area contributed by atoms with E-state index in [0.717, 1.165) is 5.56 Å². The number of benzene rings is 1. The van der Waals surface area contributed by atoms with Gasteiger partial charge >= 0.3 is 0 Å². The van der Waals surface area contributed by atoms with Gasteiger partial charge < -0.3 is 9.47 Å². The fourth-order valence-electron chi connectivity index (χ4n) is 1.50. The largest absolute Gasteiger partial charge is 0.496 e. The van der Waals surface area contributed by atoms with E-state index in [-0.39, 0.29) is 4.90 Å². The third-order valence-electron chi connectivity index (χ3n) is 2.30. The zero-order chi connectivity index (χ0) is 13.1. The molecule has 5 nitrogen and oxygen atoms in total. The van der Waals surface area contributed by atoms with Crippen LogP contribution in [0.1, 0.15) is 12.5 Å². The molecule has 0 saturated carbocycles. The number of ether oxygens (including phenoxy) is 2. The Morgan fingerprint density at radius 3 is 2.24 bits per heavy atom. The molecule has 0 aliphatic heterocycles. The van der Waals surface area contributed by atoms with Crippen LogP contribution in [0.4, 0.5) is 0 Å². The van der Waals surface area contributed by atoms with Crippen LogP contribution in [0.15, 0.2) is 17.0 Å². The minimum atomic E-state index is -3.56. The number of nitrogens with one attached hydrogen (secondary N) is 1. The normalized spacial score (nSPS) is 11.3. The van der Waals surface area contributed by atoms with E-state index >= 15 is 0 Å². The summed E-state index contributed by atoms with van der Waals surface area (Å²) in [4.78, 5) is 0.0873. The number of methoxy groups -OCH3 is 2. The lowest BCUT2D eigenvalue weighted by atomic mass is 10.2. The summed E-state index contributed by atoms with van der Waals surface area (Å²) in [6.45, 7) is 3.86. The highest BCUT2D eigenvalue weighted by molar-refractivity contribution is 7.89. The van der Waals surface area contributed by atoms with Gasteiger partial charge in [-0.05, 0) is 18.6 Å². The summed E-state index contributed by atoms with van der Waals surface area (Å²) in [5, 5.41) is 0. The summed E-state index contributed by atoms with van der Waals surface area (Å²) < 4.78 is 36.5. The Hall–Kier alpha value is -1.27. The van der Waals surface area contributed by atoms with Crippen molar-refractivity contribution in [3.63, 3.8) is 0 Å². The van der Waals surface area contributed by atoms with Crippen molar-refractivity contribution in [2.75, 3.05) is 20.8 Å². The Morgan fingerprint density at radius 1 is 1.18 bits per heavy atom. The van der Waals surface area contributed by atoms with Gasteiger partial charge in [-0.2, -0.15) is 0 Å². The van der Waals surface area contributed by atoms with E-state index in [1.807, 2.05) is 6.92 Å². The van der Waals surface area contributed by atoms with Crippen LogP contribution < -0.4 is 14.2 Å². The van der Waals surface area contributed by atoms with E-state index in [1.54, 1.807) is 13.0 Å². The fourth-order valence-corrected chi connectivity index (χ4v) is 2.70. The highest BCUT2D eigenvalue weighted by Crippen LogP contribution is 2.31. The van der Waals surface area contributed by atoms with E-state index in [9.17, 15) is 8.42 Å². The van der Waals surface area contributed by atoms with Crippen LogP contribution in [0.25, 0.3) is 0 Å². The molecule has 1 aromatic carbocycles. The van der Waals surface area contributed by atoms with Crippen LogP contribution in [0.2, 0.25) is 0 Å². The van der Waals surface area contributed by atoms with Gasteiger partial charge in [0.2, 0.25) is 10.0 Å². The second-order valence-corrected chi connectivity index (χ2v) is 5.21. The van der Waals surface area contributed by atoms with Crippen molar-refractivity contribution in [3.8, 4) is 11.5 Å². The molecule has 0 radical (unpaired) electrons. The standard InChI is InChI=1S/C11H17NO4S/c1-5-12-17(13,14)11-7-9(15-3)8(2)6-10(11)16-4/h6-7,12H,5H2,1-4H3. The maximum absolute atomic E-state index is 11.9. The van der Waals surface area contributed by atoms with Gasteiger partial charge in [-0.25, -0.2) is 13.1 Å². The highest BCUT2D eigenvalue weighted by Gasteiger charge is 2.20. The minimum absolute atomic E-state index is 0.0873. The lowest BCUT2D eigenvalue weighted by molar-refractivity contribution is 0.390. The van der Waals surface area contributed by atoms with Gasteiger partial charge in [-0.15, -0.1) is 0 Å². The lowest BCUT2D eigenvalue weighted by Gasteiger charge is -2.13. The molecule has 0 amide bonds. The van der Waals surface area contributed by atoms with Crippen molar-refractivity contribution in [2.24, 2.45) is 0 Å². The summed E-state index contributed by atoms with van der Waals surface area (Å²) >= 11 is 0.